The molecule has 1 N–H and O–H groups in total. The molecule has 1 fully saturated rings. The molecule has 4 aromatic rings. The van der Waals surface area contributed by atoms with Crippen LogP contribution in [0, 0.1) is 0 Å². The molecular weight excluding hydrogens is 484 g/mol. The molecule has 0 radical (unpaired) electrons. The lowest BCUT2D eigenvalue weighted by atomic mass is 10.1. The number of ether oxygens (including phenoxy) is 4. The SMILES string of the molecule is O=c1ccn([C@@H]2O[C@H](COCc3ccccc3)[C@@H](OCc3ccccc3)[C@H]2OCc2ccccc2)c(=O)[nH]1. The third-order valence-electron chi connectivity index (χ3n) is 6.38. The van der Waals surface area contributed by atoms with Crippen molar-refractivity contribution in [2.45, 2.75) is 44.4 Å². The summed E-state index contributed by atoms with van der Waals surface area (Å²) in [4.78, 5) is 26.8. The van der Waals surface area contributed by atoms with Gasteiger partial charge in [-0.2, -0.15) is 0 Å². The molecule has 38 heavy (non-hydrogen) atoms. The average Bonchev–Trinajstić information content (AvgIpc) is 3.29. The Labute approximate surface area is 220 Å². The van der Waals surface area contributed by atoms with Gasteiger partial charge in [-0.3, -0.25) is 14.3 Å². The first-order valence-electron chi connectivity index (χ1n) is 12.6. The lowest BCUT2D eigenvalue weighted by Crippen LogP contribution is -2.40. The largest absolute Gasteiger partial charge is 0.374 e. The van der Waals surface area contributed by atoms with Crippen LogP contribution in [0.1, 0.15) is 22.9 Å². The maximum Gasteiger partial charge on any atom is 0.330 e. The minimum Gasteiger partial charge on any atom is -0.374 e. The van der Waals surface area contributed by atoms with Gasteiger partial charge in [0.15, 0.2) is 6.23 Å². The van der Waals surface area contributed by atoms with E-state index in [1.165, 1.54) is 16.8 Å². The summed E-state index contributed by atoms with van der Waals surface area (Å²) in [6, 6.07) is 30.8. The smallest absolute Gasteiger partial charge is 0.330 e. The minimum absolute atomic E-state index is 0.230. The highest BCUT2D eigenvalue weighted by atomic mass is 16.6. The van der Waals surface area contributed by atoms with E-state index in [0.29, 0.717) is 19.8 Å². The van der Waals surface area contributed by atoms with Gasteiger partial charge in [0.25, 0.3) is 5.56 Å². The molecule has 1 aromatic heterocycles. The molecule has 8 nitrogen and oxygen atoms in total. The predicted octanol–water partition coefficient (Wildman–Crippen LogP) is 3.82. The van der Waals surface area contributed by atoms with Crippen LogP contribution in [0.3, 0.4) is 0 Å². The molecule has 1 aliphatic heterocycles. The maximum absolute atomic E-state index is 12.7. The van der Waals surface area contributed by atoms with E-state index in [9.17, 15) is 9.59 Å². The molecule has 5 rings (SSSR count). The van der Waals surface area contributed by atoms with E-state index >= 15 is 0 Å². The van der Waals surface area contributed by atoms with Crippen molar-refractivity contribution in [2.75, 3.05) is 6.61 Å². The van der Waals surface area contributed by atoms with Crippen LogP contribution in [0.15, 0.2) is 113 Å². The van der Waals surface area contributed by atoms with Gasteiger partial charge in [-0.05, 0) is 16.7 Å². The van der Waals surface area contributed by atoms with Crippen molar-refractivity contribution in [2.24, 2.45) is 0 Å². The first-order valence-corrected chi connectivity index (χ1v) is 12.6. The van der Waals surface area contributed by atoms with Crippen molar-refractivity contribution in [3.8, 4) is 0 Å². The highest BCUT2D eigenvalue weighted by Crippen LogP contribution is 2.34. The Bertz CT molecular complexity index is 1390. The summed E-state index contributed by atoms with van der Waals surface area (Å²) < 4.78 is 26.5. The number of nitrogens with zero attached hydrogens (tertiary/aromatic N) is 1. The lowest BCUT2D eigenvalue weighted by Gasteiger charge is -2.25. The number of benzene rings is 3. The van der Waals surface area contributed by atoms with E-state index in [0.717, 1.165) is 16.7 Å². The van der Waals surface area contributed by atoms with E-state index in [4.69, 9.17) is 18.9 Å². The molecule has 1 aliphatic rings. The average molecular weight is 515 g/mol. The molecular formula is C30H30N2O6. The second-order valence-corrected chi connectivity index (χ2v) is 9.11. The number of hydrogen-bond acceptors (Lipinski definition) is 6. The second kappa shape index (κ2) is 12.6. The molecule has 196 valence electrons. The van der Waals surface area contributed by atoms with Gasteiger partial charge in [0.1, 0.15) is 18.3 Å². The molecule has 3 aromatic carbocycles. The highest BCUT2D eigenvalue weighted by molar-refractivity contribution is 5.15. The fourth-order valence-electron chi connectivity index (χ4n) is 4.47. The quantitative estimate of drug-likeness (QED) is 0.327. The molecule has 4 atom stereocenters. The Balaban J connectivity index is 1.41. The van der Waals surface area contributed by atoms with Gasteiger partial charge in [-0.15, -0.1) is 0 Å². The van der Waals surface area contributed by atoms with Crippen LogP contribution in [0.2, 0.25) is 0 Å². The zero-order chi connectivity index (χ0) is 26.2. The van der Waals surface area contributed by atoms with Crippen molar-refractivity contribution in [3.05, 3.63) is 141 Å². The number of aromatic amines is 1. The highest BCUT2D eigenvalue weighted by Gasteiger charge is 2.47. The standard InChI is InChI=1S/C30H30N2O6/c33-26-16-17-32(30(34)31-26)29-28(37-20-24-14-8-3-9-15-24)27(36-19-23-12-6-2-7-13-23)25(38-29)21-35-18-22-10-4-1-5-11-22/h1-17,25,27-29H,18-21H2,(H,31,33,34)/t25-,27-,28-,29-/m1/s1. The lowest BCUT2D eigenvalue weighted by molar-refractivity contribution is -0.0921. The predicted molar refractivity (Wildman–Crippen MR) is 141 cm³/mol. The van der Waals surface area contributed by atoms with E-state index in [2.05, 4.69) is 4.98 Å². The fraction of sp³-hybridized carbons (Fsp3) is 0.267. The van der Waals surface area contributed by atoms with Crippen LogP contribution in [0.25, 0.3) is 0 Å². The molecule has 0 amide bonds. The fourth-order valence-corrected chi connectivity index (χ4v) is 4.47. The van der Waals surface area contributed by atoms with Gasteiger partial charge >= 0.3 is 5.69 Å². The molecule has 0 spiro atoms. The molecule has 0 aliphatic carbocycles. The number of rotatable bonds is 11. The molecule has 0 bridgehead atoms. The second-order valence-electron chi connectivity index (χ2n) is 9.11. The van der Waals surface area contributed by atoms with Crippen molar-refractivity contribution in [1.82, 2.24) is 9.55 Å². The summed E-state index contributed by atoms with van der Waals surface area (Å²) in [6.45, 7) is 1.27. The number of aromatic nitrogens is 2. The molecule has 2 heterocycles. The van der Waals surface area contributed by atoms with E-state index < -0.39 is 35.8 Å². The number of hydrogen-bond donors (Lipinski definition) is 1. The zero-order valence-corrected chi connectivity index (χ0v) is 20.8. The van der Waals surface area contributed by atoms with Gasteiger partial charge < -0.3 is 18.9 Å². The van der Waals surface area contributed by atoms with Gasteiger partial charge in [0.2, 0.25) is 0 Å². The molecule has 0 saturated carbocycles. The minimum atomic E-state index is -0.825. The van der Waals surface area contributed by atoms with Crippen molar-refractivity contribution in [1.29, 1.82) is 0 Å². The Morgan fingerprint density at radius 3 is 1.76 bits per heavy atom. The van der Waals surface area contributed by atoms with Gasteiger partial charge in [-0.25, -0.2) is 4.79 Å². The Kier molecular flexibility index (Phi) is 8.57. The molecule has 0 unspecified atom stereocenters. The third kappa shape index (κ3) is 6.54. The Hall–Kier alpha value is -3.82. The first kappa shape index (κ1) is 25.8. The van der Waals surface area contributed by atoms with E-state index in [1.807, 2.05) is 91.0 Å². The topological polar surface area (TPSA) is 91.8 Å². The zero-order valence-electron chi connectivity index (χ0n) is 20.8. The summed E-state index contributed by atoms with van der Waals surface area (Å²) in [5.74, 6) is 0. The number of nitrogens with one attached hydrogen (secondary N) is 1. The van der Waals surface area contributed by atoms with Gasteiger partial charge in [0.05, 0.1) is 26.4 Å². The van der Waals surface area contributed by atoms with Gasteiger partial charge in [0, 0.05) is 12.3 Å². The normalized spacial score (nSPS) is 20.9. The van der Waals surface area contributed by atoms with Crippen LogP contribution in [0.5, 0.6) is 0 Å². The van der Waals surface area contributed by atoms with E-state index in [1.54, 1.807) is 0 Å². The summed E-state index contributed by atoms with van der Waals surface area (Å²) in [5, 5.41) is 0. The van der Waals surface area contributed by atoms with Crippen molar-refractivity contribution in [3.63, 3.8) is 0 Å². The van der Waals surface area contributed by atoms with Crippen LogP contribution in [-0.2, 0) is 38.8 Å². The monoisotopic (exact) mass is 514 g/mol. The molecule has 8 heteroatoms. The van der Waals surface area contributed by atoms with Crippen LogP contribution in [0.4, 0.5) is 0 Å². The molecule has 1 saturated heterocycles. The van der Waals surface area contributed by atoms with Crippen molar-refractivity contribution < 1.29 is 18.9 Å². The van der Waals surface area contributed by atoms with E-state index in [-0.39, 0.29) is 6.61 Å². The summed E-state index contributed by atoms with van der Waals surface area (Å²) >= 11 is 0. The summed E-state index contributed by atoms with van der Waals surface area (Å²) in [7, 11) is 0. The first-order chi connectivity index (χ1) is 18.7. The third-order valence-corrected chi connectivity index (χ3v) is 6.38. The van der Waals surface area contributed by atoms with Crippen LogP contribution >= 0.6 is 0 Å². The summed E-state index contributed by atoms with van der Waals surface area (Å²) in [5.41, 5.74) is 1.96. The van der Waals surface area contributed by atoms with Crippen molar-refractivity contribution >= 4 is 0 Å². The summed E-state index contributed by atoms with van der Waals surface area (Å²) in [6.07, 6.45) is -1.11. The number of H-pyrrole nitrogens is 1. The maximum atomic E-state index is 12.7. The van der Waals surface area contributed by atoms with Crippen LogP contribution in [-0.4, -0.2) is 34.5 Å². The van der Waals surface area contributed by atoms with Gasteiger partial charge in [-0.1, -0.05) is 91.0 Å². The Morgan fingerprint density at radius 1 is 0.684 bits per heavy atom. The van der Waals surface area contributed by atoms with Crippen LogP contribution < -0.4 is 11.2 Å². The Morgan fingerprint density at radius 2 is 1.21 bits per heavy atom.